The van der Waals surface area contributed by atoms with E-state index >= 15 is 0 Å². The Kier molecular flexibility index (Phi) is 6.06. The van der Waals surface area contributed by atoms with Crippen LogP contribution in [0, 0.1) is 0 Å². The van der Waals surface area contributed by atoms with E-state index in [1.54, 1.807) is 0 Å². The van der Waals surface area contributed by atoms with Gasteiger partial charge in [-0.15, -0.1) is 0 Å². The molecule has 29 heavy (non-hydrogen) atoms. The first kappa shape index (κ1) is 19.4. The van der Waals surface area contributed by atoms with Crippen molar-refractivity contribution in [3.8, 4) is 11.1 Å². The van der Waals surface area contributed by atoms with Crippen molar-refractivity contribution in [2.75, 3.05) is 13.1 Å². The second-order valence-corrected chi connectivity index (χ2v) is 7.89. The molecule has 1 heterocycles. The van der Waals surface area contributed by atoms with E-state index in [9.17, 15) is 4.79 Å². The fourth-order valence-electron chi connectivity index (χ4n) is 4.23. The number of carbonyl (C=O) groups is 1. The summed E-state index contributed by atoms with van der Waals surface area (Å²) in [5.41, 5.74) is 11.2. The smallest absolute Gasteiger partial charge is 0.239 e. The van der Waals surface area contributed by atoms with E-state index in [2.05, 4.69) is 48.5 Å². The molecule has 1 aliphatic heterocycles. The third-order valence-corrected chi connectivity index (χ3v) is 5.89. The summed E-state index contributed by atoms with van der Waals surface area (Å²) in [5, 5.41) is 0. The van der Waals surface area contributed by atoms with Gasteiger partial charge in [0.25, 0.3) is 0 Å². The van der Waals surface area contributed by atoms with Gasteiger partial charge in [0.1, 0.15) is 0 Å². The summed E-state index contributed by atoms with van der Waals surface area (Å²) < 4.78 is 0. The van der Waals surface area contributed by atoms with Crippen LogP contribution in [0.3, 0.4) is 0 Å². The van der Waals surface area contributed by atoms with Crippen LogP contribution in [0.4, 0.5) is 0 Å². The SMILES string of the molecule is NC(Cc1ccccc1)C(=O)N1CCC(c2cccc(-c3ccccc3)c2)CC1. The molecule has 1 saturated heterocycles. The highest BCUT2D eigenvalue weighted by atomic mass is 16.2. The van der Waals surface area contributed by atoms with Crippen LogP contribution in [0.5, 0.6) is 0 Å². The number of rotatable bonds is 5. The lowest BCUT2D eigenvalue weighted by Gasteiger charge is -2.34. The Hall–Kier alpha value is -2.91. The largest absolute Gasteiger partial charge is 0.341 e. The molecule has 0 aromatic heterocycles. The average Bonchev–Trinajstić information content (AvgIpc) is 2.80. The molecule has 1 unspecified atom stereocenters. The van der Waals surface area contributed by atoms with Gasteiger partial charge in [-0.1, -0.05) is 84.9 Å². The predicted octanol–water partition coefficient (Wildman–Crippen LogP) is 4.63. The summed E-state index contributed by atoms with van der Waals surface area (Å²) in [7, 11) is 0. The number of nitrogens with zero attached hydrogens (tertiary/aromatic N) is 1. The molecule has 1 atom stereocenters. The van der Waals surface area contributed by atoms with Crippen molar-refractivity contribution in [3.63, 3.8) is 0 Å². The van der Waals surface area contributed by atoms with E-state index in [0.717, 1.165) is 31.5 Å². The molecule has 2 N–H and O–H groups in total. The first-order valence-electron chi connectivity index (χ1n) is 10.4. The summed E-state index contributed by atoms with van der Waals surface area (Å²) in [6.07, 6.45) is 2.57. The zero-order valence-corrected chi connectivity index (χ0v) is 16.7. The molecule has 0 bridgehead atoms. The van der Waals surface area contributed by atoms with Gasteiger partial charge in [0.05, 0.1) is 6.04 Å². The Balaban J connectivity index is 1.36. The number of hydrogen-bond acceptors (Lipinski definition) is 2. The van der Waals surface area contributed by atoms with Crippen LogP contribution < -0.4 is 5.73 Å². The molecule has 0 spiro atoms. The summed E-state index contributed by atoms with van der Waals surface area (Å²) in [5.74, 6) is 0.568. The molecule has 1 aliphatic rings. The van der Waals surface area contributed by atoms with Crippen molar-refractivity contribution in [2.24, 2.45) is 5.73 Å². The summed E-state index contributed by atoms with van der Waals surface area (Å²) >= 11 is 0. The molecule has 3 aromatic rings. The van der Waals surface area contributed by atoms with Crippen LogP contribution >= 0.6 is 0 Å². The van der Waals surface area contributed by atoms with Gasteiger partial charge in [0, 0.05) is 13.1 Å². The van der Waals surface area contributed by atoms with E-state index in [1.165, 1.54) is 16.7 Å². The van der Waals surface area contributed by atoms with Gasteiger partial charge in [-0.3, -0.25) is 4.79 Å². The lowest BCUT2D eigenvalue weighted by atomic mass is 9.87. The third-order valence-electron chi connectivity index (χ3n) is 5.89. The van der Waals surface area contributed by atoms with Gasteiger partial charge in [-0.25, -0.2) is 0 Å². The standard InChI is InChI=1S/C26H28N2O/c27-25(18-20-8-3-1-4-9-20)26(29)28-16-14-22(15-17-28)24-13-7-12-23(19-24)21-10-5-2-6-11-21/h1-13,19,22,25H,14-18,27H2. The molecule has 1 amide bonds. The molecule has 3 nitrogen and oxygen atoms in total. The average molecular weight is 385 g/mol. The zero-order chi connectivity index (χ0) is 20.1. The molecule has 0 saturated carbocycles. The fourth-order valence-corrected chi connectivity index (χ4v) is 4.23. The summed E-state index contributed by atoms with van der Waals surface area (Å²) in [4.78, 5) is 14.7. The highest BCUT2D eigenvalue weighted by Crippen LogP contribution is 2.31. The minimum atomic E-state index is -0.463. The van der Waals surface area contributed by atoms with E-state index in [4.69, 9.17) is 5.73 Å². The molecule has 3 heteroatoms. The van der Waals surface area contributed by atoms with E-state index in [-0.39, 0.29) is 5.91 Å². The van der Waals surface area contributed by atoms with E-state index in [0.29, 0.717) is 12.3 Å². The van der Waals surface area contributed by atoms with Crippen molar-refractivity contribution >= 4 is 5.91 Å². The Bertz CT molecular complexity index is 931. The van der Waals surface area contributed by atoms with Crippen LogP contribution in [0.2, 0.25) is 0 Å². The number of nitrogens with two attached hydrogens (primary N) is 1. The van der Waals surface area contributed by atoms with Crippen molar-refractivity contribution in [2.45, 2.75) is 31.2 Å². The number of benzene rings is 3. The molecule has 0 radical (unpaired) electrons. The minimum Gasteiger partial charge on any atom is -0.341 e. The Morgan fingerprint density at radius 3 is 2.17 bits per heavy atom. The summed E-state index contributed by atoms with van der Waals surface area (Å²) in [6, 6.07) is 28.9. The highest BCUT2D eigenvalue weighted by Gasteiger charge is 2.27. The van der Waals surface area contributed by atoms with Gasteiger partial charge in [-0.2, -0.15) is 0 Å². The zero-order valence-electron chi connectivity index (χ0n) is 16.7. The van der Waals surface area contributed by atoms with Gasteiger partial charge >= 0.3 is 0 Å². The third kappa shape index (κ3) is 4.75. The van der Waals surface area contributed by atoms with Crippen molar-refractivity contribution in [1.82, 2.24) is 4.90 Å². The Morgan fingerprint density at radius 2 is 1.48 bits per heavy atom. The molecule has 1 fully saturated rings. The molecular formula is C26H28N2O. The molecule has 148 valence electrons. The van der Waals surface area contributed by atoms with Gasteiger partial charge < -0.3 is 10.6 Å². The van der Waals surface area contributed by atoms with Crippen LogP contribution in [-0.4, -0.2) is 29.9 Å². The topological polar surface area (TPSA) is 46.3 Å². The monoisotopic (exact) mass is 384 g/mol. The Morgan fingerprint density at radius 1 is 0.862 bits per heavy atom. The lowest BCUT2D eigenvalue weighted by molar-refractivity contribution is -0.133. The van der Waals surface area contributed by atoms with Gasteiger partial charge in [0.2, 0.25) is 5.91 Å². The van der Waals surface area contributed by atoms with Crippen molar-refractivity contribution in [3.05, 3.63) is 96.1 Å². The number of amides is 1. The van der Waals surface area contributed by atoms with Crippen molar-refractivity contribution in [1.29, 1.82) is 0 Å². The molecule has 4 rings (SSSR count). The van der Waals surface area contributed by atoms with Crippen LogP contribution in [0.25, 0.3) is 11.1 Å². The van der Waals surface area contributed by atoms with Gasteiger partial charge in [0.15, 0.2) is 0 Å². The fraction of sp³-hybridized carbons (Fsp3) is 0.269. The number of carbonyl (C=O) groups excluding carboxylic acids is 1. The quantitative estimate of drug-likeness (QED) is 0.697. The number of likely N-dealkylation sites (tertiary alicyclic amines) is 1. The maximum atomic E-state index is 12.8. The molecule has 3 aromatic carbocycles. The van der Waals surface area contributed by atoms with Crippen LogP contribution in [-0.2, 0) is 11.2 Å². The molecule has 0 aliphatic carbocycles. The first-order chi connectivity index (χ1) is 14.2. The first-order valence-corrected chi connectivity index (χ1v) is 10.4. The lowest BCUT2D eigenvalue weighted by Crippen LogP contribution is -2.47. The minimum absolute atomic E-state index is 0.0744. The van der Waals surface area contributed by atoms with Crippen molar-refractivity contribution < 1.29 is 4.79 Å². The second kappa shape index (κ2) is 9.06. The van der Waals surface area contributed by atoms with E-state index < -0.39 is 6.04 Å². The number of hydrogen-bond donors (Lipinski definition) is 1. The highest BCUT2D eigenvalue weighted by molar-refractivity contribution is 5.82. The number of piperidine rings is 1. The maximum Gasteiger partial charge on any atom is 0.239 e. The van der Waals surface area contributed by atoms with Crippen LogP contribution in [0.1, 0.15) is 29.9 Å². The van der Waals surface area contributed by atoms with Crippen LogP contribution in [0.15, 0.2) is 84.9 Å². The predicted molar refractivity (Wildman–Crippen MR) is 119 cm³/mol. The Labute approximate surface area is 173 Å². The maximum absolute atomic E-state index is 12.8. The second-order valence-electron chi connectivity index (χ2n) is 7.89. The molecular weight excluding hydrogens is 356 g/mol. The normalized spacial score (nSPS) is 15.8. The van der Waals surface area contributed by atoms with E-state index in [1.807, 2.05) is 41.3 Å². The van der Waals surface area contributed by atoms with Gasteiger partial charge in [-0.05, 0) is 47.4 Å². The summed E-state index contributed by atoms with van der Waals surface area (Å²) in [6.45, 7) is 1.56.